The molecule has 1 saturated heterocycles. The van der Waals surface area contributed by atoms with Gasteiger partial charge >= 0.3 is 11.9 Å². The minimum Gasteiger partial charge on any atom is -0.458 e. The van der Waals surface area contributed by atoms with Crippen molar-refractivity contribution < 1.29 is 23.8 Å². The van der Waals surface area contributed by atoms with Gasteiger partial charge in [-0.15, -0.1) is 0 Å². The Morgan fingerprint density at radius 3 is 2.21 bits per heavy atom. The second-order valence-electron chi connectivity index (χ2n) is 5.89. The lowest BCUT2D eigenvalue weighted by Gasteiger charge is -2.44. The van der Waals surface area contributed by atoms with Gasteiger partial charge in [0.05, 0.1) is 6.10 Å². The molecular weight excluding hydrogens is 328 g/mol. The van der Waals surface area contributed by atoms with Gasteiger partial charge in [-0.1, -0.05) is 43.8 Å². The zero-order chi connectivity index (χ0) is 17.7. The molecule has 1 heterocycles. The molecule has 5 atom stereocenters. The van der Waals surface area contributed by atoms with E-state index in [9.17, 15) is 9.59 Å². The Hall–Kier alpha value is -1.53. The third-order valence-electron chi connectivity index (χ3n) is 4.01. The van der Waals surface area contributed by atoms with Crippen LogP contribution in [0.1, 0.15) is 34.1 Å². The van der Waals surface area contributed by atoms with E-state index >= 15 is 0 Å². The number of esters is 2. The van der Waals surface area contributed by atoms with Gasteiger partial charge in [0.25, 0.3) is 0 Å². The smallest absolute Gasteiger partial charge is 0.303 e. The SMILES string of the molecule is CC[C@H]1O[C@@H](Sc2ccccc2)[C@H](OC(C)=O)[C@@H](OC(C)=O)[C@H]1C. The lowest BCUT2D eigenvalue weighted by Crippen LogP contribution is -2.55. The van der Waals surface area contributed by atoms with Gasteiger partial charge in [0.15, 0.2) is 6.10 Å². The average Bonchev–Trinajstić information content (AvgIpc) is 2.53. The number of rotatable bonds is 5. The van der Waals surface area contributed by atoms with E-state index in [-0.39, 0.29) is 18.0 Å². The zero-order valence-corrected chi connectivity index (χ0v) is 15.2. The Morgan fingerprint density at radius 1 is 1.08 bits per heavy atom. The van der Waals surface area contributed by atoms with E-state index in [1.807, 2.05) is 44.2 Å². The highest BCUT2D eigenvalue weighted by Crippen LogP contribution is 2.39. The van der Waals surface area contributed by atoms with Crippen molar-refractivity contribution in [3.05, 3.63) is 30.3 Å². The molecule has 6 heteroatoms. The molecular formula is C18H24O5S. The summed E-state index contributed by atoms with van der Waals surface area (Å²) in [5, 5.41) is 0. The number of ether oxygens (including phenoxy) is 3. The van der Waals surface area contributed by atoms with Gasteiger partial charge in [-0.2, -0.15) is 0 Å². The number of hydrogen-bond donors (Lipinski definition) is 0. The molecule has 1 aromatic rings. The predicted octanol–water partition coefficient (Wildman–Crippen LogP) is 3.41. The van der Waals surface area contributed by atoms with Crippen LogP contribution in [0.4, 0.5) is 0 Å². The molecule has 1 aliphatic rings. The number of carbonyl (C=O) groups is 2. The van der Waals surface area contributed by atoms with Crippen molar-refractivity contribution >= 4 is 23.7 Å². The molecule has 0 N–H and O–H groups in total. The summed E-state index contributed by atoms with van der Waals surface area (Å²) in [5.41, 5.74) is -0.429. The van der Waals surface area contributed by atoms with Crippen LogP contribution in [0, 0.1) is 5.92 Å². The third-order valence-corrected chi connectivity index (χ3v) is 5.16. The quantitative estimate of drug-likeness (QED) is 0.757. The van der Waals surface area contributed by atoms with Crippen LogP contribution in [0.3, 0.4) is 0 Å². The van der Waals surface area contributed by atoms with Crippen molar-refractivity contribution in [3.8, 4) is 0 Å². The second kappa shape index (κ2) is 8.53. The minimum absolute atomic E-state index is 0.0594. The van der Waals surface area contributed by atoms with Crippen molar-refractivity contribution in [1.82, 2.24) is 0 Å². The Labute approximate surface area is 147 Å². The van der Waals surface area contributed by atoms with Gasteiger partial charge in [0.1, 0.15) is 11.5 Å². The maximum absolute atomic E-state index is 11.6. The highest BCUT2D eigenvalue weighted by atomic mass is 32.2. The van der Waals surface area contributed by atoms with E-state index in [1.165, 1.54) is 25.6 Å². The van der Waals surface area contributed by atoms with Crippen LogP contribution in [-0.2, 0) is 23.8 Å². The molecule has 0 spiro atoms. The van der Waals surface area contributed by atoms with Gasteiger partial charge in [-0.05, 0) is 18.6 Å². The second-order valence-corrected chi connectivity index (χ2v) is 7.06. The number of thioether (sulfide) groups is 1. The molecule has 1 fully saturated rings. The van der Waals surface area contributed by atoms with Crippen LogP contribution >= 0.6 is 11.8 Å². The lowest BCUT2D eigenvalue weighted by atomic mass is 9.89. The first-order valence-corrected chi connectivity index (χ1v) is 9.02. The maximum Gasteiger partial charge on any atom is 0.303 e. The lowest BCUT2D eigenvalue weighted by molar-refractivity contribution is -0.207. The predicted molar refractivity (Wildman–Crippen MR) is 91.5 cm³/mol. The minimum atomic E-state index is -0.644. The van der Waals surface area contributed by atoms with Crippen molar-refractivity contribution in [2.75, 3.05) is 0 Å². The molecule has 132 valence electrons. The highest BCUT2D eigenvalue weighted by Gasteiger charge is 2.47. The molecule has 5 nitrogen and oxygen atoms in total. The first kappa shape index (κ1) is 18.8. The van der Waals surface area contributed by atoms with E-state index < -0.39 is 23.6 Å². The van der Waals surface area contributed by atoms with E-state index in [0.717, 1.165) is 11.3 Å². The standard InChI is InChI=1S/C18H24O5S/c1-5-15-11(2)16(21-12(3)19)17(22-13(4)20)18(23-15)24-14-9-7-6-8-10-14/h6-11,15-18H,5H2,1-4H3/t11-,15+,16-,17+,18-/m0/s1. The van der Waals surface area contributed by atoms with E-state index in [4.69, 9.17) is 14.2 Å². The Balaban J connectivity index is 2.28. The average molecular weight is 352 g/mol. The summed E-state index contributed by atoms with van der Waals surface area (Å²) in [4.78, 5) is 24.1. The van der Waals surface area contributed by atoms with E-state index in [1.54, 1.807) is 0 Å². The van der Waals surface area contributed by atoms with Crippen molar-refractivity contribution in [2.45, 2.75) is 62.8 Å². The topological polar surface area (TPSA) is 61.8 Å². The first-order valence-electron chi connectivity index (χ1n) is 8.14. The molecule has 0 saturated carbocycles. The molecule has 1 aromatic carbocycles. The number of hydrogen-bond acceptors (Lipinski definition) is 6. The largest absolute Gasteiger partial charge is 0.458 e. The fourth-order valence-corrected chi connectivity index (χ4v) is 4.04. The fourth-order valence-electron chi connectivity index (χ4n) is 2.92. The summed E-state index contributed by atoms with van der Waals surface area (Å²) in [6, 6.07) is 9.76. The van der Waals surface area contributed by atoms with Crippen molar-refractivity contribution in [1.29, 1.82) is 0 Å². The zero-order valence-electron chi connectivity index (χ0n) is 14.4. The Morgan fingerprint density at radius 2 is 1.67 bits per heavy atom. The van der Waals surface area contributed by atoms with Gasteiger partial charge in [-0.3, -0.25) is 9.59 Å². The normalized spacial score (nSPS) is 29.8. The van der Waals surface area contributed by atoms with Crippen LogP contribution in [-0.4, -0.2) is 35.7 Å². The van der Waals surface area contributed by atoms with Crippen LogP contribution in [0.25, 0.3) is 0 Å². The Bertz CT molecular complexity index is 562. The van der Waals surface area contributed by atoms with Crippen LogP contribution < -0.4 is 0 Å². The molecule has 2 rings (SSSR count). The van der Waals surface area contributed by atoms with Gasteiger partial charge < -0.3 is 14.2 Å². The van der Waals surface area contributed by atoms with Crippen LogP contribution in [0.2, 0.25) is 0 Å². The monoisotopic (exact) mass is 352 g/mol. The summed E-state index contributed by atoms with van der Waals surface area (Å²) in [5.74, 6) is -0.860. The van der Waals surface area contributed by atoms with Gasteiger partial charge in [0.2, 0.25) is 0 Å². The van der Waals surface area contributed by atoms with Crippen LogP contribution in [0.5, 0.6) is 0 Å². The Kier molecular flexibility index (Phi) is 6.69. The summed E-state index contributed by atoms with van der Waals surface area (Å²) >= 11 is 1.48. The van der Waals surface area contributed by atoms with Crippen LogP contribution in [0.15, 0.2) is 35.2 Å². The molecule has 1 aliphatic heterocycles. The van der Waals surface area contributed by atoms with E-state index in [0.29, 0.717) is 0 Å². The molecule has 0 bridgehead atoms. The molecule has 24 heavy (non-hydrogen) atoms. The highest BCUT2D eigenvalue weighted by molar-refractivity contribution is 7.99. The van der Waals surface area contributed by atoms with E-state index in [2.05, 4.69) is 0 Å². The first-order chi connectivity index (χ1) is 11.4. The third kappa shape index (κ3) is 4.74. The molecule has 0 amide bonds. The van der Waals surface area contributed by atoms with Gasteiger partial charge in [0, 0.05) is 24.7 Å². The number of benzene rings is 1. The van der Waals surface area contributed by atoms with Crippen molar-refractivity contribution in [3.63, 3.8) is 0 Å². The summed E-state index contributed by atoms with van der Waals surface area (Å²) in [6.07, 6.45) is -0.444. The molecule has 0 unspecified atom stereocenters. The summed E-state index contributed by atoms with van der Waals surface area (Å²) in [6.45, 7) is 6.71. The fraction of sp³-hybridized carbons (Fsp3) is 0.556. The van der Waals surface area contributed by atoms with Gasteiger partial charge in [-0.25, -0.2) is 0 Å². The summed E-state index contributed by atoms with van der Waals surface area (Å²) < 4.78 is 17.2. The summed E-state index contributed by atoms with van der Waals surface area (Å²) in [7, 11) is 0. The van der Waals surface area contributed by atoms with Crippen molar-refractivity contribution in [2.24, 2.45) is 5.92 Å². The molecule has 0 radical (unpaired) electrons. The maximum atomic E-state index is 11.6. The molecule has 0 aliphatic carbocycles. The molecule has 0 aromatic heterocycles. The number of carbonyl (C=O) groups excluding carboxylic acids is 2.